The maximum Gasteiger partial charge on any atom is 0.222 e. The lowest BCUT2D eigenvalue weighted by Gasteiger charge is -2.20. The number of nitrogens with two attached hydrogens (primary N) is 1. The van der Waals surface area contributed by atoms with E-state index in [9.17, 15) is 4.79 Å². The predicted molar refractivity (Wildman–Crippen MR) is 72.9 cm³/mol. The fourth-order valence-corrected chi connectivity index (χ4v) is 1.82. The number of amides is 1. The molecule has 0 saturated heterocycles. The third-order valence-corrected chi connectivity index (χ3v) is 2.91. The van der Waals surface area contributed by atoms with Crippen molar-refractivity contribution in [1.82, 2.24) is 9.88 Å². The number of pyridine rings is 1. The molecular weight excluding hydrogens is 226 g/mol. The van der Waals surface area contributed by atoms with Crippen molar-refractivity contribution in [3.63, 3.8) is 0 Å². The predicted octanol–water partition coefficient (Wildman–Crippen LogP) is 1.95. The van der Waals surface area contributed by atoms with E-state index in [1.807, 2.05) is 30.0 Å². The Kier molecular flexibility index (Phi) is 7.03. The first-order chi connectivity index (χ1) is 8.77. The highest BCUT2D eigenvalue weighted by Crippen LogP contribution is 2.06. The molecule has 0 atom stereocenters. The lowest BCUT2D eigenvalue weighted by molar-refractivity contribution is -0.131. The van der Waals surface area contributed by atoms with Crippen molar-refractivity contribution in [2.45, 2.75) is 39.2 Å². The molecule has 0 radical (unpaired) electrons. The van der Waals surface area contributed by atoms with Gasteiger partial charge in [-0.1, -0.05) is 12.5 Å². The average molecular weight is 249 g/mol. The fourth-order valence-electron chi connectivity index (χ4n) is 1.82. The van der Waals surface area contributed by atoms with Gasteiger partial charge < -0.3 is 10.6 Å². The SMILES string of the molecule is CCN(Cc1ccccn1)C(=O)CCCCCN. The molecule has 4 nitrogen and oxygen atoms in total. The number of aromatic nitrogens is 1. The van der Waals surface area contributed by atoms with Gasteiger partial charge in [0.1, 0.15) is 0 Å². The van der Waals surface area contributed by atoms with E-state index in [1.54, 1.807) is 6.20 Å². The molecule has 1 rings (SSSR count). The minimum Gasteiger partial charge on any atom is -0.337 e. The fraction of sp³-hybridized carbons (Fsp3) is 0.571. The summed E-state index contributed by atoms with van der Waals surface area (Å²) in [5, 5.41) is 0. The van der Waals surface area contributed by atoms with E-state index in [-0.39, 0.29) is 5.91 Å². The second-order valence-corrected chi connectivity index (χ2v) is 4.33. The van der Waals surface area contributed by atoms with Crippen molar-refractivity contribution >= 4 is 5.91 Å². The summed E-state index contributed by atoms with van der Waals surface area (Å²) in [4.78, 5) is 18.1. The van der Waals surface area contributed by atoms with Gasteiger partial charge in [-0.25, -0.2) is 0 Å². The van der Waals surface area contributed by atoms with Gasteiger partial charge in [-0.2, -0.15) is 0 Å². The van der Waals surface area contributed by atoms with Gasteiger partial charge in [-0.05, 0) is 38.4 Å². The molecule has 0 aliphatic rings. The highest BCUT2D eigenvalue weighted by molar-refractivity contribution is 5.76. The topological polar surface area (TPSA) is 59.2 Å². The lowest BCUT2D eigenvalue weighted by Crippen LogP contribution is -2.30. The quantitative estimate of drug-likeness (QED) is 0.716. The number of carbonyl (C=O) groups is 1. The van der Waals surface area contributed by atoms with Gasteiger partial charge in [-0.3, -0.25) is 9.78 Å². The van der Waals surface area contributed by atoms with Crippen LogP contribution in [0.3, 0.4) is 0 Å². The molecule has 18 heavy (non-hydrogen) atoms. The second kappa shape index (κ2) is 8.64. The van der Waals surface area contributed by atoms with Crippen LogP contribution in [0.2, 0.25) is 0 Å². The molecule has 0 fully saturated rings. The first-order valence-corrected chi connectivity index (χ1v) is 6.65. The third kappa shape index (κ3) is 5.27. The minimum atomic E-state index is 0.208. The average Bonchev–Trinajstić information content (AvgIpc) is 2.42. The van der Waals surface area contributed by atoms with E-state index in [0.29, 0.717) is 19.5 Å². The van der Waals surface area contributed by atoms with Crippen molar-refractivity contribution in [3.8, 4) is 0 Å². The molecular formula is C14H23N3O. The Bertz CT molecular complexity index is 340. The summed E-state index contributed by atoms with van der Waals surface area (Å²) < 4.78 is 0. The smallest absolute Gasteiger partial charge is 0.222 e. The Balaban J connectivity index is 2.38. The number of unbranched alkanes of at least 4 members (excludes halogenated alkanes) is 2. The summed E-state index contributed by atoms with van der Waals surface area (Å²) in [6.45, 7) is 4.04. The van der Waals surface area contributed by atoms with Crippen molar-refractivity contribution in [3.05, 3.63) is 30.1 Å². The number of nitrogens with zero attached hydrogens (tertiary/aromatic N) is 2. The summed E-state index contributed by atoms with van der Waals surface area (Å²) >= 11 is 0. The molecule has 1 aromatic rings. The van der Waals surface area contributed by atoms with Gasteiger partial charge in [0.05, 0.1) is 12.2 Å². The molecule has 100 valence electrons. The molecule has 0 bridgehead atoms. The van der Waals surface area contributed by atoms with E-state index in [4.69, 9.17) is 5.73 Å². The molecule has 0 unspecified atom stereocenters. The van der Waals surface area contributed by atoms with Crippen molar-refractivity contribution in [1.29, 1.82) is 0 Å². The highest BCUT2D eigenvalue weighted by atomic mass is 16.2. The molecule has 2 N–H and O–H groups in total. The Morgan fingerprint density at radius 2 is 2.17 bits per heavy atom. The van der Waals surface area contributed by atoms with Crippen molar-refractivity contribution in [2.24, 2.45) is 5.73 Å². The van der Waals surface area contributed by atoms with Gasteiger partial charge in [0.25, 0.3) is 0 Å². The summed E-state index contributed by atoms with van der Waals surface area (Å²) in [5.74, 6) is 0.208. The Morgan fingerprint density at radius 3 is 2.78 bits per heavy atom. The maximum atomic E-state index is 12.0. The standard InChI is InChI=1S/C14H23N3O/c1-2-17(12-13-8-5-7-11-16-13)14(18)9-4-3-6-10-15/h5,7-8,11H,2-4,6,9-10,12,15H2,1H3. The summed E-state index contributed by atoms with van der Waals surface area (Å²) in [7, 11) is 0. The van der Waals surface area contributed by atoms with Crippen LogP contribution in [-0.4, -0.2) is 28.9 Å². The zero-order valence-corrected chi connectivity index (χ0v) is 11.1. The Hall–Kier alpha value is -1.42. The van der Waals surface area contributed by atoms with E-state index in [1.165, 1.54) is 0 Å². The second-order valence-electron chi connectivity index (χ2n) is 4.33. The summed E-state index contributed by atoms with van der Waals surface area (Å²) in [5.41, 5.74) is 6.37. The van der Waals surface area contributed by atoms with E-state index < -0.39 is 0 Å². The number of carbonyl (C=O) groups excluding carboxylic acids is 1. The third-order valence-electron chi connectivity index (χ3n) is 2.91. The van der Waals surface area contributed by atoms with Gasteiger partial charge in [0, 0.05) is 19.2 Å². The van der Waals surface area contributed by atoms with Crippen LogP contribution in [-0.2, 0) is 11.3 Å². The molecule has 1 amide bonds. The van der Waals surface area contributed by atoms with Crippen LogP contribution >= 0.6 is 0 Å². The largest absolute Gasteiger partial charge is 0.337 e. The molecule has 0 saturated carbocycles. The zero-order chi connectivity index (χ0) is 13.2. The molecule has 0 spiro atoms. The highest BCUT2D eigenvalue weighted by Gasteiger charge is 2.11. The Labute approximate surface area is 109 Å². The minimum absolute atomic E-state index is 0.208. The van der Waals surface area contributed by atoms with Gasteiger partial charge in [0.15, 0.2) is 0 Å². The van der Waals surface area contributed by atoms with Crippen LogP contribution in [0, 0.1) is 0 Å². The van der Waals surface area contributed by atoms with Crippen LogP contribution in [0.15, 0.2) is 24.4 Å². The van der Waals surface area contributed by atoms with Gasteiger partial charge in [0.2, 0.25) is 5.91 Å². The van der Waals surface area contributed by atoms with E-state index >= 15 is 0 Å². The van der Waals surface area contributed by atoms with Crippen LogP contribution < -0.4 is 5.73 Å². The molecule has 0 aliphatic heterocycles. The van der Waals surface area contributed by atoms with Gasteiger partial charge in [-0.15, -0.1) is 0 Å². The number of hydrogen-bond acceptors (Lipinski definition) is 3. The van der Waals surface area contributed by atoms with Crippen molar-refractivity contribution < 1.29 is 4.79 Å². The summed E-state index contributed by atoms with van der Waals surface area (Å²) in [6, 6.07) is 5.78. The first-order valence-electron chi connectivity index (χ1n) is 6.65. The van der Waals surface area contributed by atoms with Crippen LogP contribution in [0.4, 0.5) is 0 Å². The zero-order valence-electron chi connectivity index (χ0n) is 11.1. The van der Waals surface area contributed by atoms with Gasteiger partial charge >= 0.3 is 0 Å². The van der Waals surface area contributed by atoms with Crippen LogP contribution in [0.1, 0.15) is 38.3 Å². The molecule has 0 aliphatic carbocycles. The van der Waals surface area contributed by atoms with E-state index in [2.05, 4.69) is 4.98 Å². The lowest BCUT2D eigenvalue weighted by atomic mass is 10.1. The molecule has 1 aromatic heterocycles. The number of rotatable bonds is 8. The van der Waals surface area contributed by atoms with Crippen LogP contribution in [0.25, 0.3) is 0 Å². The monoisotopic (exact) mass is 249 g/mol. The van der Waals surface area contributed by atoms with Crippen molar-refractivity contribution in [2.75, 3.05) is 13.1 Å². The Morgan fingerprint density at radius 1 is 1.33 bits per heavy atom. The van der Waals surface area contributed by atoms with E-state index in [0.717, 1.165) is 31.5 Å². The maximum absolute atomic E-state index is 12.0. The molecule has 0 aromatic carbocycles. The number of hydrogen-bond donors (Lipinski definition) is 1. The normalized spacial score (nSPS) is 10.3. The first kappa shape index (κ1) is 14.6. The molecule has 1 heterocycles. The van der Waals surface area contributed by atoms with Crippen LogP contribution in [0.5, 0.6) is 0 Å². The summed E-state index contributed by atoms with van der Waals surface area (Å²) in [6.07, 6.45) is 5.33. The molecule has 4 heteroatoms.